The van der Waals surface area contributed by atoms with E-state index in [9.17, 15) is 9.59 Å². The van der Waals surface area contributed by atoms with Crippen molar-refractivity contribution in [1.29, 1.82) is 0 Å². The van der Waals surface area contributed by atoms with Crippen LogP contribution in [0, 0.1) is 0 Å². The predicted octanol–water partition coefficient (Wildman–Crippen LogP) is 5.32. The molecule has 154 valence electrons. The molecule has 0 aliphatic heterocycles. The Balaban J connectivity index is 1.88. The normalized spacial score (nSPS) is 11.4. The number of nitrogens with one attached hydrogen (secondary N) is 1. The lowest BCUT2D eigenvalue weighted by molar-refractivity contribution is -0.125. The predicted molar refractivity (Wildman–Crippen MR) is 115 cm³/mol. The number of carbonyl (C=O) groups excluding carboxylic acids is 2. The molecule has 1 amide bonds. The minimum atomic E-state index is -1.22. The second kappa shape index (κ2) is 10.1. The molecule has 3 aromatic rings. The number of ether oxygens (including phenoxy) is 2. The Morgan fingerprint density at radius 3 is 2.40 bits per heavy atom. The largest absolute Gasteiger partial charge is 0.477 e. The van der Waals surface area contributed by atoms with Crippen molar-refractivity contribution >= 4 is 40.8 Å². The lowest BCUT2D eigenvalue weighted by Gasteiger charge is -2.19. The third kappa shape index (κ3) is 5.49. The van der Waals surface area contributed by atoms with Gasteiger partial charge in [-0.2, -0.15) is 0 Å². The summed E-state index contributed by atoms with van der Waals surface area (Å²) in [5, 5.41) is 3.41. The molecule has 0 saturated heterocycles. The van der Waals surface area contributed by atoms with Crippen molar-refractivity contribution < 1.29 is 19.1 Å². The van der Waals surface area contributed by atoms with Crippen molar-refractivity contribution in [2.24, 2.45) is 0 Å². The maximum atomic E-state index is 13.0. The third-order valence-corrected chi connectivity index (χ3v) is 4.40. The monoisotopic (exact) mass is 444 g/mol. The highest BCUT2D eigenvalue weighted by Crippen LogP contribution is 2.26. The zero-order chi connectivity index (χ0) is 21.5. The van der Waals surface area contributed by atoms with Gasteiger partial charge in [0, 0.05) is 27.5 Å². The summed E-state index contributed by atoms with van der Waals surface area (Å²) in [5.74, 6) is -1.16. The number of amides is 1. The van der Waals surface area contributed by atoms with Crippen LogP contribution in [0.5, 0.6) is 5.88 Å². The highest BCUT2D eigenvalue weighted by Gasteiger charge is 2.27. The van der Waals surface area contributed by atoms with Crippen LogP contribution in [0.3, 0.4) is 0 Å². The van der Waals surface area contributed by atoms with E-state index in [1.54, 1.807) is 61.5 Å². The number of anilines is 1. The first-order chi connectivity index (χ1) is 14.5. The molecule has 0 radical (unpaired) electrons. The van der Waals surface area contributed by atoms with E-state index in [4.69, 9.17) is 32.7 Å². The van der Waals surface area contributed by atoms with Crippen LogP contribution in [0.1, 0.15) is 28.9 Å². The molecule has 1 heterocycles. The van der Waals surface area contributed by atoms with E-state index < -0.39 is 18.0 Å². The van der Waals surface area contributed by atoms with E-state index in [0.29, 0.717) is 27.9 Å². The number of nitrogens with zero attached hydrogens (tertiary/aromatic N) is 1. The molecule has 0 spiro atoms. The van der Waals surface area contributed by atoms with E-state index in [1.807, 2.05) is 0 Å². The molecule has 0 saturated carbocycles. The van der Waals surface area contributed by atoms with Crippen LogP contribution in [-0.4, -0.2) is 23.5 Å². The molecular weight excluding hydrogens is 427 g/mol. The van der Waals surface area contributed by atoms with Gasteiger partial charge in [-0.3, -0.25) is 4.79 Å². The van der Waals surface area contributed by atoms with Gasteiger partial charge in [-0.15, -0.1) is 0 Å². The van der Waals surface area contributed by atoms with Gasteiger partial charge in [0.1, 0.15) is 5.56 Å². The summed E-state index contributed by atoms with van der Waals surface area (Å²) in [6, 6.07) is 16.4. The smallest absolute Gasteiger partial charge is 0.344 e. The fraction of sp³-hybridized carbons (Fsp3) is 0.136. The fourth-order valence-electron chi connectivity index (χ4n) is 2.70. The van der Waals surface area contributed by atoms with Gasteiger partial charge < -0.3 is 14.8 Å². The Kier molecular flexibility index (Phi) is 7.27. The Labute approximate surface area is 183 Å². The van der Waals surface area contributed by atoms with Crippen LogP contribution in [0.4, 0.5) is 5.69 Å². The topological polar surface area (TPSA) is 77.5 Å². The first-order valence-corrected chi connectivity index (χ1v) is 9.84. The van der Waals surface area contributed by atoms with Gasteiger partial charge in [0.15, 0.2) is 0 Å². The molecule has 0 fully saturated rings. The van der Waals surface area contributed by atoms with E-state index in [-0.39, 0.29) is 11.4 Å². The van der Waals surface area contributed by atoms with Gasteiger partial charge in [0.2, 0.25) is 12.0 Å². The Morgan fingerprint density at radius 2 is 1.73 bits per heavy atom. The molecule has 1 N–H and O–H groups in total. The minimum Gasteiger partial charge on any atom is -0.477 e. The van der Waals surface area contributed by atoms with E-state index in [1.165, 1.54) is 12.3 Å². The molecule has 2 aromatic carbocycles. The molecular formula is C22H18Cl2N2O4. The zero-order valence-corrected chi connectivity index (χ0v) is 17.5. The quantitative estimate of drug-likeness (QED) is 0.498. The van der Waals surface area contributed by atoms with E-state index in [0.717, 1.165) is 0 Å². The van der Waals surface area contributed by atoms with Crippen LogP contribution in [0.15, 0.2) is 66.9 Å². The maximum Gasteiger partial charge on any atom is 0.344 e. The number of hydrogen-bond acceptors (Lipinski definition) is 5. The summed E-state index contributed by atoms with van der Waals surface area (Å²) in [5.41, 5.74) is 1.00. The van der Waals surface area contributed by atoms with Gasteiger partial charge in [0.05, 0.1) is 6.61 Å². The highest BCUT2D eigenvalue weighted by molar-refractivity contribution is 6.35. The van der Waals surface area contributed by atoms with Crippen molar-refractivity contribution in [2.75, 3.05) is 11.9 Å². The molecule has 1 aromatic heterocycles. The first-order valence-electron chi connectivity index (χ1n) is 9.08. The van der Waals surface area contributed by atoms with Crippen LogP contribution >= 0.6 is 23.2 Å². The van der Waals surface area contributed by atoms with Crippen LogP contribution in [0.25, 0.3) is 0 Å². The lowest BCUT2D eigenvalue weighted by Crippen LogP contribution is -2.26. The van der Waals surface area contributed by atoms with Crippen molar-refractivity contribution in [3.63, 3.8) is 0 Å². The standard InChI is InChI=1S/C22H18Cl2N2O4/c1-2-29-21-18(9-6-10-25-21)22(28)30-19(14-7-4-3-5-8-14)20(27)26-17-12-15(23)11-16(24)13-17/h3-13,19H,2H2,1H3,(H,26,27)/t19-/m1/s1. The maximum absolute atomic E-state index is 13.0. The van der Waals surface area contributed by atoms with Gasteiger partial charge in [0.25, 0.3) is 5.91 Å². The fourth-order valence-corrected chi connectivity index (χ4v) is 3.23. The second-order valence-corrected chi connectivity index (χ2v) is 7.01. The lowest BCUT2D eigenvalue weighted by atomic mass is 10.1. The summed E-state index contributed by atoms with van der Waals surface area (Å²) in [7, 11) is 0. The number of rotatable bonds is 7. The molecule has 0 unspecified atom stereocenters. The number of benzene rings is 2. The first kappa shape index (κ1) is 21.6. The number of esters is 1. The molecule has 0 aliphatic carbocycles. The number of carbonyl (C=O) groups is 2. The molecule has 3 rings (SSSR count). The molecule has 30 heavy (non-hydrogen) atoms. The van der Waals surface area contributed by atoms with Crippen LogP contribution in [-0.2, 0) is 9.53 Å². The van der Waals surface area contributed by atoms with E-state index >= 15 is 0 Å². The molecule has 8 heteroatoms. The molecule has 0 aliphatic rings. The summed E-state index contributed by atoms with van der Waals surface area (Å²) < 4.78 is 11.0. The van der Waals surface area contributed by atoms with Crippen molar-refractivity contribution in [3.05, 3.63) is 88.0 Å². The summed E-state index contributed by atoms with van der Waals surface area (Å²) in [6.07, 6.45) is 0.289. The average molecular weight is 445 g/mol. The number of aromatic nitrogens is 1. The van der Waals surface area contributed by atoms with Gasteiger partial charge >= 0.3 is 5.97 Å². The van der Waals surface area contributed by atoms with Crippen molar-refractivity contribution in [3.8, 4) is 5.88 Å². The number of pyridine rings is 1. The number of hydrogen-bond donors (Lipinski definition) is 1. The number of halogens is 2. The van der Waals surface area contributed by atoms with Crippen molar-refractivity contribution in [1.82, 2.24) is 4.98 Å². The summed E-state index contributed by atoms with van der Waals surface area (Å²) in [6.45, 7) is 2.11. The third-order valence-electron chi connectivity index (χ3n) is 3.97. The molecule has 0 bridgehead atoms. The summed E-state index contributed by atoms with van der Waals surface area (Å²) in [4.78, 5) is 29.9. The molecule has 6 nitrogen and oxygen atoms in total. The van der Waals surface area contributed by atoms with Crippen LogP contribution in [0.2, 0.25) is 10.0 Å². The van der Waals surface area contributed by atoms with E-state index in [2.05, 4.69) is 10.3 Å². The zero-order valence-electron chi connectivity index (χ0n) is 16.0. The van der Waals surface area contributed by atoms with Crippen LogP contribution < -0.4 is 10.1 Å². The van der Waals surface area contributed by atoms with Gasteiger partial charge in [-0.1, -0.05) is 53.5 Å². The Hall–Kier alpha value is -3.09. The van der Waals surface area contributed by atoms with Crippen molar-refractivity contribution in [2.45, 2.75) is 13.0 Å². The average Bonchev–Trinajstić information content (AvgIpc) is 2.72. The second-order valence-electron chi connectivity index (χ2n) is 6.13. The summed E-state index contributed by atoms with van der Waals surface area (Å²) >= 11 is 12.0. The minimum absolute atomic E-state index is 0.124. The van der Waals surface area contributed by atoms with Gasteiger partial charge in [-0.05, 0) is 37.3 Å². The van der Waals surface area contributed by atoms with Gasteiger partial charge in [-0.25, -0.2) is 9.78 Å². The Morgan fingerprint density at radius 1 is 1.03 bits per heavy atom. The SMILES string of the molecule is CCOc1ncccc1C(=O)O[C@@H](C(=O)Nc1cc(Cl)cc(Cl)c1)c1ccccc1. The molecule has 1 atom stereocenters. The Bertz CT molecular complexity index is 1020. The highest BCUT2D eigenvalue weighted by atomic mass is 35.5.